The third-order valence-electron chi connectivity index (χ3n) is 5.02. The van der Waals surface area contributed by atoms with Gasteiger partial charge in [-0.3, -0.25) is 14.5 Å². The van der Waals surface area contributed by atoms with Crippen molar-refractivity contribution in [3.05, 3.63) is 22.4 Å². The van der Waals surface area contributed by atoms with Crippen LogP contribution in [-0.2, 0) is 20.9 Å². The van der Waals surface area contributed by atoms with Crippen LogP contribution in [0.1, 0.15) is 12.0 Å². The zero-order valence-corrected chi connectivity index (χ0v) is 13.5. The van der Waals surface area contributed by atoms with E-state index < -0.39 is 0 Å². The third kappa shape index (κ3) is 2.80. The molecule has 1 amide bonds. The predicted octanol–water partition coefficient (Wildman–Crippen LogP) is 1.61. The molecule has 3 aliphatic rings. The first-order chi connectivity index (χ1) is 10.8. The van der Waals surface area contributed by atoms with Crippen LogP contribution in [-0.4, -0.2) is 55.3 Å². The molecule has 4 rings (SSSR count). The standard InChI is InChI=1S/C16H22N2O3S/c19-16(18-3-1-4-21-18)15-10-20-9-13-7-17(8-14(13)15)6-12-2-5-22-11-12/h2,5,11,13-15H,1,3-4,6-10H2/t13-,14-,15+/m1/s1. The van der Waals surface area contributed by atoms with Gasteiger partial charge in [-0.05, 0) is 40.6 Å². The molecule has 120 valence electrons. The largest absolute Gasteiger partial charge is 0.380 e. The van der Waals surface area contributed by atoms with Crippen LogP contribution in [0.5, 0.6) is 0 Å². The maximum absolute atomic E-state index is 12.7. The molecule has 0 aliphatic carbocycles. The van der Waals surface area contributed by atoms with E-state index in [9.17, 15) is 4.79 Å². The van der Waals surface area contributed by atoms with Crippen LogP contribution in [0, 0.1) is 17.8 Å². The van der Waals surface area contributed by atoms with Crippen molar-refractivity contribution in [1.82, 2.24) is 9.96 Å². The first-order valence-electron chi connectivity index (χ1n) is 8.07. The van der Waals surface area contributed by atoms with Crippen LogP contribution < -0.4 is 0 Å². The van der Waals surface area contributed by atoms with E-state index in [1.807, 2.05) is 0 Å². The Hall–Kier alpha value is -0.950. The summed E-state index contributed by atoms with van der Waals surface area (Å²) in [5.74, 6) is 0.974. The molecule has 3 fully saturated rings. The molecule has 0 bridgehead atoms. The zero-order chi connectivity index (χ0) is 14.9. The molecule has 5 nitrogen and oxygen atoms in total. The summed E-state index contributed by atoms with van der Waals surface area (Å²) in [6, 6.07) is 2.18. The molecule has 3 saturated heterocycles. The Kier molecular flexibility index (Phi) is 4.17. The van der Waals surface area contributed by atoms with Crippen molar-refractivity contribution in [2.75, 3.05) is 39.5 Å². The molecular weight excluding hydrogens is 300 g/mol. The topological polar surface area (TPSA) is 42.0 Å². The number of nitrogens with zero attached hydrogens (tertiary/aromatic N) is 2. The van der Waals surface area contributed by atoms with Crippen molar-refractivity contribution in [2.24, 2.45) is 17.8 Å². The monoisotopic (exact) mass is 322 g/mol. The molecule has 1 aromatic heterocycles. The van der Waals surface area contributed by atoms with Gasteiger partial charge in [-0.15, -0.1) is 0 Å². The van der Waals surface area contributed by atoms with Gasteiger partial charge < -0.3 is 4.74 Å². The molecule has 22 heavy (non-hydrogen) atoms. The average molecular weight is 322 g/mol. The SMILES string of the molecule is O=C([C@H]1COC[C@H]2CN(Cc3ccsc3)C[C@H]21)N1CCCO1. The van der Waals surface area contributed by atoms with Gasteiger partial charge in [-0.1, -0.05) is 0 Å². The average Bonchev–Trinajstić information content (AvgIpc) is 3.27. The Bertz CT molecular complexity index is 515. The van der Waals surface area contributed by atoms with E-state index in [0.717, 1.165) is 39.2 Å². The molecule has 0 radical (unpaired) electrons. The first-order valence-corrected chi connectivity index (χ1v) is 9.01. The van der Waals surface area contributed by atoms with Crippen LogP contribution in [0.25, 0.3) is 0 Å². The van der Waals surface area contributed by atoms with Crippen molar-refractivity contribution in [3.63, 3.8) is 0 Å². The normalized spacial score (nSPS) is 32.4. The summed E-state index contributed by atoms with van der Waals surface area (Å²) in [5, 5.41) is 5.90. The Labute approximate surface area is 134 Å². The van der Waals surface area contributed by atoms with Gasteiger partial charge in [0.1, 0.15) is 0 Å². The van der Waals surface area contributed by atoms with E-state index in [1.165, 1.54) is 5.56 Å². The lowest BCUT2D eigenvalue weighted by Gasteiger charge is -2.33. The number of ether oxygens (including phenoxy) is 1. The maximum atomic E-state index is 12.7. The van der Waals surface area contributed by atoms with Crippen LogP contribution in [0.4, 0.5) is 0 Å². The van der Waals surface area contributed by atoms with E-state index in [4.69, 9.17) is 9.57 Å². The number of hydroxylamine groups is 2. The summed E-state index contributed by atoms with van der Waals surface area (Å²) in [6.07, 6.45) is 0.942. The van der Waals surface area contributed by atoms with Gasteiger partial charge in [0, 0.05) is 19.6 Å². The Morgan fingerprint density at radius 3 is 3.09 bits per heavy atom. The second-order valence-electron chi connectivity index (χ2n) is 6.52. The van der Waals surface area contributed by atoms with Gasteiger partial charge >= 0.3 is 0 Å². The van der Waals surface area contributed by atoms with Crippen LogP contribution in [0.2, 0.25) is 0 Å². The molecule has 0 spiro atoms. The van der Waals surface area contributed by atoms with E-state index >= 15 is 0 Å². The molecule has 3 aliphatic heterocycles. The summed E-state index contributed by atoms with van der Waals surface area (Å²) in [7, 11) is 0. The lowest BCUT2D eigenvalue weighted by Crippen LogP contribution is -2.45. The minimum atomic E-state index is -0.0377. The Balaban J connectivity index is 1.43. The highest BCUT2D eigenvalue weighted by Crippen LogP contribution is 2.36. The second kappa shape index (κ2) is 6.28. The maximum Gasteiger partial charge on any atom is 0.251 e. The second-order valence-corrected chi connectivity index (χ2v) is 7.30. The van der Waals surface area contributed by atoms with Gasteiger partial charge in [0.25, 0.3) is 5.91 Å². The molecule has 3 atom stereocenters. The lowest BCUT2D eigenvalue weighted by atomic mass is 9.82. The molecule has 0 aromatic carbocycles. The number of rotatable bonds is 3. The molecule has 4 heterocycles. The number of amides is 1. The van der Waals surface area contributed by atoms with E-state index in [-0.39, 0.29) is 11.8 Å². The quantitative estimate of drug-likeness (QED) is 0.848. The minimum Gasteiger partial charge on any atom is -0.380 e. The number of likely N-dealkylation sites (tertiary alicyclic amines) is 1. The van der Waals surface area contributed by atoms with Gasteiger partial charge in [-0.2, -0.15) is 11.3 Å². The number of fused-ring (bicyclic) bond motifs is 1. The summed E-state index contributed by atoms with van der Waals surface area (Å²) >= 11 is 1.74. The molecular formula is C16H22N2O3S. The molecule has 0 saturated carbocycles. The van der Waals surface area contributed by atoms with E-state index in [1.54, 1.807) is 16.4 Å². The van der Waals surface area contributed by atoms with Gasteiger partial charge in [-0.25, -0.2) is 5.06 Å². The zero-order valence-electron chi connectivity index (χ0n) is 12.6. The number of carbonyl (C=O) groups is 1. The highest BCUT2D eigenvalue weighted by molar-refractivity contribution is 7.07. The Morgan fingerprint density at radius 1 is 1.36 bits per heavy atom. The fourth-order valence-electron chi connectivity index (χ4n) is 3.92. The Morgan fingerprint density at radius 2 is 2.32 bits per heavy atom. The highest BCUT2D eigenvalue weighted by atomic mass is 32.1. The molecule has 0 N–H and O–H groups in total. The van der Waals surface area contributed by atoms with E-state index in [0.29, 0.717) is 25.0 Å². The van der Waals surface area contributed by atoms with Crippen molar-refractivity contribution >= 4 is 17.2 Å². The van der Waals surface area contributed by atoms with Crippen LogP contribution in [0.15, 0.2) is 16.8 Å². The van der Waals surface area contributed by atoms with Crippen LogP contribution in [0.3, 0.4) is 0 Å². The summed E-state index contributed by atoms with van der Waals surface area (Å²) in [4.78, 5) is 20.6. The van der Waals surface area contributed by atoms with Crippen molar-refractivity contribution in [2.45, 2.75) is 13.0 Å². The summed E-state index contributed by atoms with van der Waals surface area (Å²) in [6.45, 7) is 5.74. The van der Waals surface area contributed by atoms with Crippen LogP contribution >= 0.6 is 11.3 Å². The number of carbonyl (C=O) groups excluding carboxylic acids is 1. The minimum absolute atomic E-state index is 0.0377. The molecule has 6 heteroatoms. The number of hydrogen-bond acceptors (Lipinski definition) is 5. The predicted molar refractivity (Wildman–Crippen MR) is 83.2 cm³/mol. The summed E-state index contributed by atoms with van der Waals surface area (Å²) < 4.78 is 5.73. The third-order valence-corrected chi connectivity index (χ3v) is 5.75. The van der Waals surface area contributed by atoms with Gasteiger partial charge in [0.2, 0.25) is 0 Å². The van der Waals surface area contributed by atoms with Crippen molar-refractivity contribution in [1.29, 1.82) is 0 Å². The van der Waals surface area contributed by atoms with Crippen molar-refractivity contribution < 1.29 is 14.4 Å². The first kappa shape index (κ1) is 14.6. The fraction of sp³-hybridized carbons (Fsp3) is 0.688. The van der Waals surface area contributed by atoms with Crippen molar-refractivity contribution in [3.8, 4) is 0 Å². The lowest BCUT2D eigenvalue weighted by molar-refractivity contribution is -0.181. The molecule has 0 unspecified atom stereocenters. The smallest absolute Gasteiger partial charge is 0.251 e. The number of hydrogen-bond donors (Lipinski definition) is 0. The highest BCUT2D eigenvalue weighted by Gasteiger charge is 2.45. The number of thiophene rings is 1. The molecule has 1 aromatic rings. The van der Waals surface area contributed by atoms with Gasteiger partial charge in [0.15, 0.2) is 0 Å². The summed E-state index contributed by atoms with van der Waals surface area (Å²) in [5.41, 5.74) is 1.37. The fourth-order valence-corrected chi connectivity index (χ4v) is 4.58. The van der Waals surface area contributed by atoms with Gasteiger partial charge in [0.05, 0.1) is 32.3 Å². The van der Waals surface area contributed by atoms with E-state index in [2.05, 4.69) is 21.7 Å².